The van der Waals surface area contributed by atoms with Crippen molar-refractivity contribution in [3.63, 3.8) is 0 Å². The van der Waals surface area contributed by atoms with Crippen molar-refractivity contribution in [3.05, 3.63) is 30.3 Å². The Labute approximate surface area is 108 Å². The molecule has 2 saturated heterocycles. The van der Waals surface area contributed by atoms with Crippen molar-refractivity contribution in [2.75, 3.05) is 50.8 Å². The summed E-state index contributed by atoms with van der Waals surface area (Å²) < 4.78 is 11.0. The quantitative estimate of drug-likeness (QED) is 0.802. The smallest absolute Gasteiger partial charge is 0.170 e. The average Bonchev–Trinajstić information content (AvgIpc) is 2.94. The second-order valence-corrected chi connectivity index (χ2v) is 4.79. The molecule has 0 radical (unpaired) electrons. The Morgan fingerprint density at radius 3 is 2.28 bits per heavy atom. The van der Waals surface area contributed by atoms with Crippen LogP contribution in [0.15, 0.2) is 30.3 Å². The van der Waals surface area contributed by atoms with E-state index in [0.717, 1.165) is 45.9 Å². The van der Waals surface area contributed by atoms with Gasteiger partial charge in [-0.2, -0.15) is 0 Å². The van der Waals surface area contributed by atoms with E-state index in [1.54, 1.807) is 0 Å². The Balaban J connectivity index is 1.49. The van der Waals surface area contributed by atoms with Gasteiger partial charge in [0.1, 0.15) is 0 Å². The third-order valence-electron chi connectivity index (χ3n) is 3.59. The molecular weight excluding hydrogens is 228 g/mol. The van der Waals surface area contributed by atoms with Gasteiger partial charge in [-0.15, -0.1) is 0 Å². The van der Waals surface area contributed by atoms with Gasteiger partial charge in [0.15, 0.2) is 6.29 Å². The van der Waals surface area contributed by atoms with Gasteiger partial charge < -0.3 is 14.4 Å². The normalized spacial score (nSPS) is 22.6. The first-order chi connectivity index (χ1) is 8.92. The van der Waals surface area contributed by atoms with Gasteiger partial charge in [-0.05, 0) is 12.1 Å². The second-order valence-electron chi connectivity index (χ2n) is 4.79. The second kappa shape index (κ2) is 5.69. The van der Waals surface area contributed by atoms with Crippen LogP contribution in [0.2, 0.25) is 0 Å². The van der Waals surface area contributed by atoms with E-state index in [1.165, 1.54) is 5.69 Å². The first kappa shape index (κ1) is 12.0. The highest BCUT2D eigenvalue weighted by Gasteiger charge is 2.23. The summed E-state index contributed by atoms with van der Waals surface area (Å²) in [7, 11) is 0. The molecule has 2 aliphatic rings. The molecule has 0 N–H and O–H groups in total. The molecule has 0 spiro atoms. The molecule has 1 aromatic rings. The van der Waals surface area contributed by atoms with Crippen LogP contribution in [-0.2, 0) is 9.47 Å². The number of nitrogens with zero attached hydrogens (tertiary/aromatic N) is 2. The Bertz CT molecular complexity index is 357. The molecule has 98 valence electrons. The van der Waals surface area contributed by atoms with Crippen molar-refractivity contribution in [2.45, 2.75) is 6.29 Å². The lowest BCUT2D eigenvalue weighted by Gasteiger charge is -2.36. The van der Waals surface area contributed by atoms with Gasteiger partial charge >= 0.3 is 0 Å². The van der Waals surface area contributed by atoms with E-state index in [1.807, 2.05) is 0 Å². The maximum atomic E-state index is 5.49. The van der Waals surface area contributed by atoms with Gasteiger partial charge in [0.05, 0.1) is 13.2 Å². The summed E-state index contributed by atoms with van der Waals surface area (Å²) in [6.45, 7) is 6.72. The largest absolute Gasteiger partial charge is 0.369 e. The summed E-state index contributed by atoms with van der Waals surface area (Å²) in [6.07, 6.45) is -0.00623. The number of rotatable bonds is 3. The van der Waals surface area contributed by atoms with E-state index in [-0.39, 0.29) is 6.29 Å². The molecule has 18 heavy (non-hydrogen) atoms. The van der Waals surface area contributed by atoms with Gasteiger partial charge in [0, 0.05) is 38.4 Å². The molecule has 0 saturated carbocycles. The van der Waals surface area contributed by atoms with Crippen LogP contribution in [0.5, 0.6) is 0 Å². The Kier molecular flexibility index (Phi) is 3.78. The zero-order valence-corrected chi connectivity index (χ0v) is 10.6. The van der Waals surface area contributed by atoms with E-state index >= 15 is 0 Å². The lowest BCUT2D eigenvalue weighted by molar-refractivity contribution is -0.0624. The third-order valence-corrected chi connectivity index (χ3v) is 3.59. The molecule has 0 amide bonds. The van der Waals surface area contributed by atoms with Crippen LogP contribution < -0.4 is 4.90 Å². The monoisotopic (exact) mass is 248 g/mol. The number of anilines is 1. The average molecular weight is 248 g/mol. The van der Waals surface area contributed by atoms with Gasteiger partial charge in [-0.3, -0.25) is 4.90 Å². The van der Waals surface area contributed by atoms with Crippen LogP contribution in [-0.4, -0.2) is 57.1 Å². The van der Waals surface area contributed by atoms with E-state index in [2.05, 4.69) is 40.1 Å². The van der Waals surface area contributed by atoms with Crippen LogP contribution in [0.4, 0.5) is 5.69 Å². The Morgan fingerprint density at radius 1 is 0.944 bits per heavy atom. The summed E-state index contributed by atoms with van der Waals surface area (Å²) in [5.74, 6) is 0. The summed E-state index contributed by atoms with van der Waals surface area (Å²) in [6, 6.07) is 10.6. The fourth-order valence-corrected chi connectivity index (χ4v) is 2.55. The van der Waals surface area contributed by atoms with Crippen molar-refractivity contribution in [2.24, 2.45) is 0 Å². The molecule has 4 heteroatoms. The number of hydrogen-bond acceptors (Lipinski definition) is 4. The molecule has 0 atom stereocenters. The Morgan fingerprint density at radius 2 is 1.61 bits per heavy atom. The summed E-state index contributed by atoms with van der Waals surface area (Å²) in [4.78, 5) is 4.86. The molecule has 2 fully saturated rings. The van der Waals surface area contributed by atoms with Gasteiger partial charge in [0.2, 0.25) is 0 Å². The molecule has 0 aliphatic carbocycles. The highest BCUT2D eigenvalue weighted by atomic mass is 16.7. The van der Waals surface area contributed by atoms with Crippen LogP contribution in [0.3, 0.4) is 0 Å². The molecular formula is C14H20N2O2. The topological polar surface area (TPSA) is 24.9 Å². The zero-order valence-electron chi connectivity index (χ0n) is 10.6. The minimum atomic E-state index is -0.00623. The van der Waals surface area contributed by atoms with E-state index in [0.29, 0.717) is 0 Å². The van der Waals surface area contributed by atoms with Gasteiger partial charge in [-0.25, -0.2) is 0 Å². The number of para-hydroxylation sites is 1. The number of ether oxygens (including phenoxy) is 2. The SMILES string of the molecule is c1ccc(N2CCN(CC3OCCO3)CC2)cc1. The number of benzene rings is 1. The summed E-state index contributed by atoms with van der Waals surface area (Å²) >= 11 is 0. The summed E-state index contributed by atoms with van der Waals surface area (Å²) in [5.41, 5.74) is 1.32. The fourth-order valence-electron chi connectivity index (χ4n) is 2.55. The third kappa shape index (κ3) is 2.83. The number of piperazine rings is 1. The summed E-state index contributed by atoms with van der Waals surface area (Å²) in [5, 5.41) is 0. The van der Waals surface area contributed by atoms with Gasteiger partial charge in [-0.1, -0.05) is 18.2 Å². The van der Waals surface area contributed by atoms with Crippen LogP contribution >= 0.6 is 0 Å². The molecule has 4 nitrogen and oxygen atoms in total. The maximum absolute atomic E-state index is 5.49. The first-order valence-electron chi connectivity index (χ1n) is 6.67. The maximum Gasteiger partial charge on any atom is 0.170 e. The van der Waals surface area contributed by atoms with Crippen molar-refractivity contribution in [1.82, 2.24) is 4.90 Å². The molecule has 1 aromatic carbocycles. The fraction of sp³-hybridized carbons (Fsp3) is 0.571. The number of hydrogen-bond donors (Lipinski definition) is 0. The lowest BCUT2D eigenvalue weighted by Crippen LogP contribution is -2.48. The minimum absolute atomic E-state index is 0.00623. The molecule has 0 unspecified atom stereocenters. The highest BCUT2D eigenvalue weighted by Crippen LogP contribution is 2.16. The van der Waals surface area contributed by atoms with Crippen molar-refractivity contribution >= 4 is 5.69 Å². The highest BCUT2D eigenvalue weighted by molar-refractivity contribution is 5.46. The molecule has 2 aliphatic heterocycles. The zero-order chi connectivity index (χ0) is 12.2. The molecule has 3 rings (SSSR count). The lowest BCUT2D eigenvalue weighted by atomic mass is 10.2. The Hall–Kier alpha value is -1.10. The van der Waals surface area contributed by atoms with Crippen LogP contribution in [0.25, 0.3) is 0 Å². The molecule has 0 aromatic heterocycles. The van der Waals surface area contributed by atoms with E-state index in [4.69, 9.17) is 9.47 Å². The standard InChI is InChI=1S/C14H20N2O2/c1-2-4-13(5-3-1)16-8-6-15(7-9-16)12-14-17-10-11-18-14/h1-5,14H,6-12H2. The van der Waals surface area contributed by atoms with Crippen molar-refractivity contribution in [1.29, 1.82) is 0 Å². The predicted octanol–water partition coefficient (Wildman–Crippen LogP) is 1.18. The van der Waals surface area contributed by atoms with Crippen molar-refractivity contribution < 1.29 is 9.47 Å². The van der Waals surface area contributed by atoms with Crippen LogP contribution in [0, 0.1) is 0 Å². The van der Waals surface area contributed by atoms with E-state index < -0.39 is 0 Å². The van der Waals surface area contributed by atoms with Crippen LogP contribution in [0.1, 0.15) is 0 Å². The van der Waals surface area contributed by atoms with Gasteiger partial charge in [0.25, 0.3) is 0 Å². The van der Waals surface area contributed by atoms with Crippen molar-refractivity contribution in [3.8, 4) is 0 Å². The predicted molar refractivity (Wildman–Crippen MR) is 70.8 cm³/mol. The van der Waals surface area contributed by atoms with E-state index in [9.17, 15) is 0 Å². The molecule has 0 bridgehead atoms. The first-order valence-corrected chi connectivity index (χ1v) is 6.67. The molecule has 2 heterocycles. The minimum Gasteiger partial charge on any atom is -0.369 e.